The topological polar surface area (TPSA) is 92.4 Å². The highest BCUT2D eigenvalue weighted by atomic mass is 32.2. The van der Waals surface area contributed by atoms with E-state index in [0.29, 0.717) is 12.1 Å². The van der Waals surface area contributed by atoms with Crippen molar-refractivity contribution in [1.82, 2.24) is 5.32 Å². The molecule has 0 aromatic heterocycles. The van der Waals surface area contributed by atoms with E-state index >= 15 is 0 Å². The second-order valence-corrected chi connectivity index (χ2v) is 4.18. The van der Waals surface area contributed by atoms with Crippen LogP contribution in [0.15, 0.2) is 10.6 Å². The maximum absolute atomic E-state index is 10.7. The fraction of sp³-hybridized carbons (Fsp3) is 0.429. The molecular weight excluding hydrogens is 192 g/mol. The van der Waals surface area contributed by atoms with Crippen molar-refractivity contribution in [2.24, 2.45) is 5.73 Å². The molecule has 0 aromatic rings. The van der Waals surface area contributed by atoms with Gasteiger partial charge in [-0.15, -0.1) is 11.8 Å². The molecule has 2 amide bonds. The van der Waals surface area contributed by atoms with Gasteiger partial charge in [0.15, 0.2) is 0 Å². The maximum atomic E-state index is 10.7. The average molecular weight is 202 g/mol. The Morgan fingerprint density at radius 1 is 1.69 bits per heavy atom. The van der Waals surface area contributed by atoms with Crippen molar-refractivity contribution in [3.63, 3.8) is 0 Å². The lowest BCUT2D eigenvalue weighted by atomic mass is 10.2. The predicted molar refractivity (Wildman–Crippen MR) is 49.1 cm³/mol. The number of urea groups is 1. The first-order valence-electron chi connectivity index (χ1n) is 3.70. The molecule has 0 radical (unpaired) electrons. The molecule has 6 heteroatoms. The average Bonchev–Trinajstić information content (AvgIpc) is 2.29. The summed E-state index contributed by atoms with van der Waals surface area (Å²) in [5.74, 6) is -1.02. The lowest BCUT2D eigenvalue weighted by Crippen LogP contribution is -2.29. The van der Waals surface area contributed by atoms with E-state index in [1.54, 1.807) is 0 Å². The van der Waals surface area contributed by atoms with E-state index < -0.39 is 12.0 Å². The zero-order valence-corrected chi connectivity index (χ0v) is 7.85. The van der Waals surface area contributed by atoms with Gasteiger partial charge in [-0.3, -0.25) is 0 Å². The quantitative estimate of drug-likeness (QED) is 0.607. The SMILES string of the molecule is CC1CC(NC(N)=O)=C(C(=O)O)S1. The molecule has 1 aliphatic rings. The summed E-state index contributed by atoms with van der Waals surface area (Å²) in [7, 11) is 0. The third-order valence-corrected chi connectivity index (χ3v) is 2.78. The van der Waals surface area contributed by atoms with E-state index in [1.165, 1.54) is 11.8 Å². The van der Waals surface area contributed by atoms with Crippen LogP contribution in [0.1, 0.15) is 13.3 Å². The standard InChI is InChI=1S/C7H10N2O3S/c1-3-2-4(9-7(8)12)5(13-3)6(10)11/h3H,2H2,1H3,(H,10,11)(H3,8,9,12). The third-order valence-electron chi connectivity index (χ3n) is 1.55. The number of carbonyl (C=O) groups excluding carboxylic acids is 1. The van der Waals surface area contributed by atoms with Crippen molar-refractivity contribution in [3.05, 3.63) is 10.6 Å². The molecule has 0 saturated carbocycles. The number of amides is 2. The summed E-state index contributed by atoms with van der Waals surface area (Å²) >= 11 is 1.23. The molecule has 0 bridgehead atoms. The molecule has 1 aliphatic heterocycles. The number of nitrogens with one attached hydrogen (secondary N) is 1. The van der Waals surface area contributed by atoms with Gasteiger partial charge in [-0.05, 0) is 0 Å². The largest absolute Gasteiger partial charge is 0.477 e. The molecule has 0 spiro atoms. The van der Waals surface area contributed by atoms with Crippen molar-refractivity contribution in [3.8, 4) is 0 Å². The summed E-state index contributed by atoms with van der Waals surface area (Å²) in [5.41, 5.74) is 5.31. The lowest BCUT2D eigenvalue weighted by Gasteiger charge is -2.02. The predicted octanol–water partition coefficient (Wildman–Crippen LogP) is 0.476. The van der Waals surface area contributed by atoms with E-state index in [9.17, 15) is 9.59 Å². The Labute approximate surface area is 79.4 Å². The molecule has 72 valence electrons. The summed E-state index contributed by atoms with van der Waals surface area (Å²) in [6.07, 6.45) is 0.537. The van der Waals surface area contributed by atoms with Gasteiger partial charge in [0.1, 0.15) is 4.91 Å². The molecule has 13 heavy (non-hydrogen) atoms. The van der Waals surface area contributed by atoms with Gasteiger partial charge in [0.25, 0.3) is 0 Å². The van der Waals surface area contributed by atoms with Crippen molar-refractivity contribution < 1.29 is 14.7 Å². The van der Waals surface area contributed by atoms with E-state index in [0.717, 1.165) is 0 Å². The highest BCUT2D eigenvalue weighted by Gasteiger charge is 2.27. The molecule has 1 atom stereocenters. The number of nitrogens with two attached hydrogens (primary N) is 1. The number of allylic oxidation sites excluding steroid dienone is 1. The highest BCUT2D eigenvalue weighted by Crippen LogP contribution is 2.35. The van der Waals surface area contributed by atoms with Gasteiger partial charge in [0.05, 0.1) is 0 Å². The first kappa shape index (κ1) is 9.91. The Balaban J connectivity index is 2.81. The van der Waals surface area contributed by atoms with Crippen LogP contribution in [0.25, 0.3) is 0 Å². The summed E-state index contributed by atoms with van der Waals surface area (Å²) < 4.78 is 0. The van der Waals surface area contributed by atoms with E-state index in [4.69, 9.17) is 10.8 Å². The maximum Gasteiger partial charge on any atom is 0.343 e. The Morgan fingerprint density at radius 3 is 2.77 bits per heavy atom. The second kappa shape index (κ2) is 3.69. The normalized spacial score (nSPS) is 21.8. The van der Waals surface area contributed by atoms with Gasteiger partial charge >= 0.3 is 12.0 Å². The van der Waals surface area contributed by atoms with Crippen molar-refractivity contribution >= 4 is 23.8 Å². The van der Waals surface area contributed by atoms with Gasteiger partial charge in [0, 0.05) is 17.4 Å². The lowest BCUT2D eigenvalue weighted by molar-refractivity contribution is -0.131. The number of primary amides is 1. The number of hydrogen-bond donors (Lipinski definition) is 3. The van der Waals surface area contributed by atoms with E-state index in [-0.39, 0.29) is 10.2 Å². The number of thioether (sulfide) groups is 1. The van der Waals surface area contributed by atoms with Gasteiger partial charge in [-0.1, -0.05) is 6.92 Å². The molecule has 0 saturated heterocycles. The highest BCUT2D eigenvalue weighted by molar-refractivity contribution is 8.04. The Kier molecular flexibility index (Phi) is 2.82. The second-order valence-electron chi connectivity index (χ2n) is 2.73. The van der Waals surface area contributed by atoms with Crippen LogP contribution in [0.2, 0.25) is 0 Å². The number of carbonyl (C=O) groups is 2. The Bertz CT molecular complexity index is 287. The minimum absolute atomic E-state index is 0.174. The zero-order chi connectivity index (χ0) is 10.0. The summed E-state index contributed by atoms with van der Waals surface area (Å²) in [4.78, 5) is 21.4. The van der Waals surface area contributed by atoms with Crippen LogP contribution in [0.4, 0.5) is 4.79 Å². The number of rotatable bonds is 2. The molecule has 5 nitrogen and oxygen atoms in total. The minimum atomic E-state index is -1.02. The van der Waals surface area contributed by atoms with E-state index in [2.05, 4.69) is 5.32 Å². The number of carboxylic acids is 1. The number of hydrogen-bond acceptors (Lipinski definition) is 3. The minimum Gasteiger partial charge on any atom is -0.477 e. The molecular formula is C7H10N2O3S. The smallest absolute Gasteiger partial charge is 0.343 e. The van der Waals surface area contributed by atoms with Crippen molar-refractivity contribution in [2.45, 2.75) is 18.6 Å². The van der Waals surface area contributed by atoms with Crippen LogP contribution in [-0.4, -0.2) is 22.4 Å². The van der Waals surface area contributed by atoms with Crippen LogP contribution in [0, 0.1) is 0 Å². The van der Waals surface area contributed by atoms with Crippen LogP contribution in [0.3, 0.4) is 0 Å². The monoisotopic (exact) mass is 202 g/mol. The molecule has 0 fully saturated rings. The molecule has 0 aromatic carbocycles. The zero-order valence-electron chi connectivity index (χ0n) is 7.03. The van der Waals surface area contributed by atoms with Gasteiger partial charge in [0.2, 0.25) is 0 Å². The van der Waals surface area contributed by atoms with Crippen LogP contribution in [0.5, 0.6) is 0 Å². The fourth-order valence-corrected chi connectivity index (χ4v) is 2.16. The molecule has 1 rings (SSSR count). The summed E-state index contributed by atoms with van der Waals surface area (Å²) in [5, 5.41) is 11.2. The summed E-state index contributed by atoms with van der Waals surface area (Å²) in [6, 6.07) is -0.719. The van der Waals surface area contributed by atoms with Gasteiger partial charge in [-0.2, -0.15) is 0 Å². The Hall–Kier alpha value is -1.17. The van der Waals surface area contributed by atoms with Crippen LogP contribution >= 0.6 is 11.8 Å². The first-order chi connectivity index (χ1) is 6.00. The summed E-state index contributed by atoms with van der Waals surface area (Å²) in [6.45, 7) is 1.89. The van der Waals surface area contributed by atoms with E-state index in [1.807, 2.05) is 6.92 Å². The van der Waals surface area contributed by atoms with Gasteiger partial charge < -0.3 is 16.2 Å². The molecule has 4 N–H and O–H groups in total. The first-order valence-corrected chi connectivity index (χ1v) is 4.58. The number of aliphatic carboxylic acids is 1. The molecule has 0 aliphatic carbocycles. The molecule has 1 heterocycles. The fourth-order valence-electron chi connectivity index (χ4n) is 1.13. The van der Waals surface area contributed by atoms with Crippen LogP contribution in [-0.2, 0) is 4.79 Å². The third kappa shape index (κ3) is 2.38. The van der Waals surface area contributed by atoms with Gasteiger partial charge in [-0.25, -0.2) is 9.59 Å². The van der Waals surface area contributed by atoms with Crippen LogP contribution < -0.4 is 11.1 Å². The Morgan fingerprint density at radius 2 is 2.31 bits per heavy atom. The number of carboxylic acid groups (broad SMARTS) is 1. The van der Waals surface area contributed by atoms with Crippen molar-refractivity contribution in [1.29, 1.82) is 0 Å². The molecule has 1 unspecified atom stereocenters. The van der Waals surface area contributed by atoms with Crippen molar-refractivity contribution in [2.75, 3.05) is 0 Å².